The Labute approximate surface area is 141 Å². The van der Waals surface area contributed by atoms with Gasteiger partial charge in [0.2, 0.25) is 10.0 Å². The normalized spacial score (nSPS) is 11.3. The molecule has 0 aromatic heterocycles. The number of rotatable bonds is 8. The van der Waals surface area contributed by atoms with Crippen molar-refractivity contribution in [2.45, 2.75) is 17.7 Å². The van der Waals surface area contributed by atoms with Gasteiger partial charge in [-0.05, 0) is 48.7 Å². The van der Waals surface area contributed by atoms with Crippen LogP contribution >= 0.6 is 0 Å². The molecule has 2 rings (SSSR count). The van der Waals surface area contributed by atoms with Crippen LogP contribution < -0.4 is 14.2 Å². The number of sulfonamides is 1. The summed E-state index contributed by atoms with van der Waals surface area (Å²) in [6.45, 7) is 0.257. The van der Waals surface area contributed by atoms with Crippen LogP contribution in [-0.4, -0.2) is 29.2 Å². The van der Waals surface area contributed by atoms with Crippen molar-refractivity contribution < 1.29 is 22.3 Å². The van der Waals surface area contributed by atoms with Gasteiger partial charge in [-0.1, -0.05) is 12.1 Å². The van der Waals surface area contributed by atoms with Crippen molar-refractivity contribution in [3.63, 3.8) is 0 Å². The van der Waals surface area contributed by atoms with E-state index in [9.17, 15) is 12.8 Å². The SMILES string of the molecule is COc1cccc(CCCNS(=O)(=O)c2ccc(OC)c(F)c2)c1. The molecule has 0 fully saturated rings. The lowest BCUT2D eigenvalue weighted by molar-refractivity contribution is 0.385. The van der Waals surface area contributed by atoms with E-state index in [2.05, 4.69) is 4.72 Å². The summed E-state index contributed by atoms with van der Waals surface area (Å²) < 4.78 is 50.3. The molecule has 24 heavy (non-hydrogen) atoms. The molecule has 0 aliphatic heterocycles. The molecule has 0 atom stereocenters. The van der Waals surface area contributed by atoms with Gasteiger partial charge in [0.25, 0.3) is 0 Å². The number of nitrogens with one attached hydrogen (secondary N) is 1. The summed E-state index contributed by atoms with van der Waals surface area (Å²) in [5.74, 6) is 0.0607. The van der Waals surface area contributed by atoms with Gasteiger partial charge in [-0.25, -0.2) is 17.5 Å². The first-order valence-electron chi connectivity index (χ1n) is 7.42. The first kappa shape index (κ1) is 18.2. The van der Waals surface area contributed by atoms with Gasteiger partial charge >= 0.3 is 0 Å². The molecule has 2 aromatic rings. The van der Waals surface area contributed by atoms with Crippen LogP contribution in [-0.2, 0) is 16.4 Å². The summed E-state index contributed by atoms with van der Waals surface area (Å²) in [4.78, 5) is -0.123. The molecule has 0 spiro atoms. The molecule has 0 saturated carbocycles. The number of benzene rings is 2. The predicted molar refractivity (Wildman–Crippen MR) is 89.5 cm³/mol. The molecule has 1 N–H and O–H groups in total. The van der Waals surface area contributed by atoms with E-state index in [0.717, 1.165) is 17.4 Å². The summed E-state index contributed by atoms with van der Waals surface area (Å²) in [5.41, 5.74) is 1.06. The minimum Gasteiger partial charge on any atom is -0.497 e. The molecule has 0 radical (unpaired) electrons. The van der Waals surface area contributed by atoms with Crippen LogP contribution in [0.4, 0.5) is 4.39 Å². The van der Waals surface area contributed by atoms with Gasteiger partial charge in [-0.15, -0.1) is 0 Å². The lowest BCUT2D eigenvalue weighted by atomic mass is 10.1. The maximum atomic E-state index is 13.6. The van der Waals surface area contributed by atoms with Crippen molar-refractivity contribution in [1.82, 2.24) is 4.72 Å². The van der Waals surface area contributed by atoms with E-state index in [0.29, 0.717) is 12.8 Å². The van der Waals surface area contributed by atoms with Crippen LogP contribution in [0.15, 0.2) is 47.4 Å². The topological polar surface area (TPSA) is 64.6 Å². The monoisotopic (exact) mass is 353 g/mol. The van der Waals surface area contributed by atoms with E-state index in [1.807, 2.05) is 24.3 Å². The average molecular weight is 353 g/mol. The Balaban J connectivity index is 1.92. The first-order chi connectivity index (χ1) is 11.5. The van der Waals surface area contributed by atoms with Crippen molar-refractivity contribution >= 4 is 10.0 Å². The second kappa shape index (κ2) is 8.12. The minimum atomic E-state index is -3.75. The largest absolute Gasteiger partial charge is 0.497 e. The lowest BCUT2D eigenvalue weighted by Crippen LogP contribution is -2.25. The van der Waals surface area contributed by atoms with Crippen LogP contribution in [0.3, 0.4) is 0 Å². The number of halogens is 1. The summed E-state index contributed by atoms with van der Waals surface area (Å²) >= 11 is 0. The van der Waals surface area contributed by atoms with Crippen LogP contribution in [0.1, 0.15) is 12.0 Å². The molecule has 130 valence electrons. The fraction of sp³-hybridized carbons (Fsp3) is 0.294. The van der Waals surface area contributed by atoms with Crippen LogP contribution in [0.25, 0.3) is 0 Å². The maximum absolute atomic E-state index is 13.6. The van der Waals surface area contributed by atoms with Crippen molar-refractivity contribution in [2.75, 3.05) is 20.8 Å². The highest BCUT2D eigenvalue weighted by atomic mass is 32.2. The Morgan fingerprint density at radius 3 is 2.54 bits per heavy atom. The number of aryl methyl sites for hydroxylation is 1. The molecule has 7 heteroatoms. The smallest absolute Gasteiger partial charge is 0.240 e. The summed E-state index contributed by atoms with van der Waals surface area (Å²) in [6, 6.07) is 11.2. The molecule has 0 aliphatic rings. The third-order valence-electron chi connectivity index (χ3n) is 3.50. The molecule has 2 aromatic carbocycles. The number of ether oxygens (including phenoxy) is 2. The zero-order chi connectivity index (χ0) is 17.6. The van der Waals surface area contributed by atoms with E-state index < -0.39 is 15.8 Å². The van der Waals surface area contributed by atoms with Gasteiger partial charge in [-0.2, -0.15) is 0 Å². The Hall–Kier alpha value is -2.12. The number of hydrogen-bond donors (Lipinski definition) is 1. The highest BCUT2D eigenvalue weighted by molar-refractivity contribution is 7.89. The van der Waals surface area contributed by atoms with E-state index in [4.69, 9.17) is 9.47 Å². The van der Waals surface area contributed by atoms with E-state index >= 15 is 0 Å². The highest BCUT2D eigenvalue weighted by Crippen LogP contribution is 2.20. The fourth-order valence-electron chi connectivity index (χ4n) is 2.22. The van der Waals surface area contributed by atoms with Crippen LogP contribution in [0.2, 0.25) is 0 Å². The third-order valence-corrected chi connectivity index (χ3v) is 4.96. The number of hydrogen-bond acceptors (Lipinski definition) is 4. The van der Waals surface area contributed by atoms with E-state index in [1.54, 1.807) is 7.11 Å². The van der Waals surface area contributed by atoms with Gasteiger partial charge in [0, 0.05) is 6.54 Å². The van der Waals surface area contributed by atoms with E-state index in [1.165, 1.54) is 19.2 Å². The second-order valence-corrected chi connectivity index (χ2v) is 6.92. The molecule has 0 amide bonds. The van der Waals surface area contributed by atoms with Gasteiger partial charge in [0.15, 0.2) is 11.6 Å². The average Bonchev–Trinajstić information content (AvgIpc) is 2.59. The maximum Gasteiger partial charge on any atom is 0.240 e. The van der Waals surface area contributed by atoms with Crippen molar-refractivity contribution in [2.24, 2.45) is 0 Å². The lowest BCUT2D eigenvalue weighted by Gasteiger charge is -2.09. The highest BCUT2D eigenvalue weighted by Gasteiger charge is 2.16. The Morgan fingerprint density at radius 1 is 1.08 bits per heavy atom. The Bertz CT molecular complexity index is 793. The Kier molecular flexibility index (Phi) is 6.16. The molecular weight excluding hydrogens is 333 g/mol. The predicted octanol–water partition coefficient (Wildman–Crippen LogP) is 2.75. The number of methoxy groups -OCH3 is 2. The van der Waals surface area contributed by atoms with Crippen LogP contribution in [0.5, 0.6) is 11.5 Å². The van der Waals surface area contributed by atoms with Gasteiger partial charge in [0.05, 0.1) is 19.1 Å². The molecule has 0 unspecified atom stereocenters. The molecule has 0 aliphatic carbocycles. The third kappa shape index (κ3) is 4.69. The van der Waals surface area contributed by atoms with Gasteiger partial charge in [-0.3, -0.25) is 0 Å². The fourth-order valence-corrected chi connectivity index (χ4v) is 3.31. The molecule has 5 nitrogen and oxygen atoms in total. The molecule has 0 bridgehead atoms. The summed E-state index contributed by atoms with van der Waals surface area (Å²) in [5, 5.41) is 0. The standard InChI is InChI=1S/C17H20FNO4S/c1-22-14-7-3-5-13(11-14)6-4-10-19-24(20,21)15-8-9-17(23-2)16(18)12-15/h3,5,7-9,11-12,19H,4,6,10H2,1-2H3. The van der Waals surface area contributed by atoms with Gasteiger partial charge < -0.3 is 9.47 Å². The second-order valence-electron chi connectivity index (χ2n) is 5.15. The Morgan fingerprint density at radius 2 is 1.88 bits per heavy atom. The van der Waals surface area contributed by atoms with Crippen molar-refractivity contribution in [3.05, 3.63) is 53.8 Å². The van der Waals surface area contributed by atoms with Crippen LogP contribution in [0, 0.1) is 5.82 Å². The van der Waals surface area contributed by atoms with Crippen molar-refractivity contribution in [1.29, 1.82) is 0 Å². The molecule has 0 heterocycles. The quantitative estimate of drug-likeness (QED) is 0.741. The summed E-state index contributed by atoms with van der Waals surface area (Å²) in [6.07, 6.45) is 1.32. The minimum absolute atomic E-state index is 0.00646. The van der Waals surface area contributed by atoms with Gasteiger partial charge in [0.1, 0.15) is 5.75 Å². The van der Waals surface area contributed by atoms with E-state index in [-0.39, 0.29) is 17.2 Å². The molecular formula is C17H20FNO4S. The zero-order valence-electron chi connectivity index (χ0n) is 13.6. The zero-order valence-corrected chi connectivity index (χ0v) is 14.4. The van der Waals surface area contributed by atoms with Crippen molar-refractivity contribution in [3.8, 4) is 11.5 Å². The first-order valence-corrected chi connectivity index (χ1v) is 8.90. The molecule has 0 saturated heterocycles. The summed E-state index contributed by atoms with van der Waals surface area (Å²) in [7, 11) is -0.824.